The van der Waals surface area contributed by atoms with Crippen molar-refractivity contribution in [2.75, 3.05) is 13.7 Å². The molecule has 1 unspecified atom stereocenters. The van der Waals surface area contributed by atoms with Gasteiger partial charge in [0.25, 0.3) is 0 Å². The second-order valence-corrected chi connectivity index (χ2v) is 5.74. The molecule has 0 bridgehead atoms. The molecule has 0 fully saturated rings. The summed E-state index contributed by atoms with van der Waals surface area (Å²) in [6, 6.07) is 6.83. The van der Waals surface area contributed by atoms with Crippen LogP contribution in [-0.2, 0) is 16.0 Å². The Morgan fingerprint density at radius 3 is 3.16 bits per heavy atom. The van der Waals surface area contributed by atoms with Crippen molar-refractivity contribution in [2.45, 2.75) is 38.1 Å². The third kappa shape index (κ3) is 3.80. The average molecular weight is 326 g/mol. The van der Waals surface area contributed by atoms with Crippen LogP contribution in [0.4, 0.5) is 0 Å². The Balaban J connectivity index is 1.89. The lowest BCUT2D eigenvalue weighted by Gasteiger charge is -2.27. The molecule has 0 spiro atoms. The Kier molecular flexibility index (Phi) is 5.40. The maximum atomic E-state index is 11.0. The molecular weight excluding hydrogens is 306 g/mol. The summed E-state index contributed by atoms with van der Waals surface area (Å²) >= 11 is 3.63. The van der Waals surface area contributed by atoms with Gasteiger partial charge in [-0.25, -0.2) is 0 Å². The lowest BCUT2D eigenvalue weighted by molar-refractivity contribution is -0.140. The fourth-order valence-corrected chi connectivity index (χ4v) is 3.21. The number of ether oxygens (including phenoxy) is 1. The molecule has 0 heterocycles. The van der Waals surface area contributed by atoms with Crippen LogP contribution in [0.1, 0.15) is 42.9 Å². The Labute approximate surface area is 122 Å². The summed E-state index contributed by atoms with van der Waals surface area (Å²) in [4.78, 5) is 11.0. The number of methoxy groups -OCH3 is 1. The van der Waals surface area contributed by atoms with E-state index in [1.165, 1.54) is 35.6 Å². The first-order valence-electron chi connectivity index (χ1n) is 6.80. The van der Waals surface area contributed by atoms with Crippen molar-refractivity contribution in [3.8, 4) is 0 Å². The van der Waals surface area contributed by atoms with E-state index in [0.29, 0.717) is 12.5 Å². The van der Waals surface area contributed by atoms with E-state index in [0.717, 1.165) is 19.4 Å². The molecule has 4 heteroatoms. The second-order valence-electron chi connectivity index (χ2n) is 4.89. The van der Waals surface area contributed by atoms with Crippen molar-refractivity contribution < 1.29 is 9.53 Å². The summed E-state index contributed by atoms with van der Waals surface area (Å²) in [6.45, 7) is 0.853. The number of hydrogen-bond donors (Lipinski definition) is 1. The SMILES string of the molecule is COC(=O)CCCNC1CCCc2c(Br)cccc21. The Morgan fingerprint density at radius 2 is 2.37 bits per heavy atom. The first-order valence-corrected chi connectivity index (χ1v) is 7.59. The van der Waals surface area contributed by atoms with E-state index in [-0.39, 0.29) is 5.97 Å². The summed E-state index contributed by atoms with van der Waals surface area (Å²) in [7, 11) is 1.44. The zero-order valence-corrected chi connectivity index (χ0v) is 12.8. The van der Waals surface area contributed by atoms with Gasteiger partial charge in [0.15, 0.2) is 0 Å². The Morgan fingerprint density at radius 1 is 1.53 bits per heavy atom. The highest BCUT2D eigenvalue weighted by atomic mass is 79.9. The number of nitrogens with one attached hydrogen (secondary N) is 1. The molecule has 0 radical (unpaired) electrons. The number of carbonyl (C=O) groups excluding carboxylic acids is 1. The molecule has 0 saturated carbocycles. The van der Waals surface area contributed by atoms with Crippen LogP contribution in [0.25, 0.3) is 0 Å². The maximum Gasteiger partial charge on any atom is 0.305 e. The highest BCUT2D eigenvalue weighted by molar-refractivity contribution is 9.10. The zero-order valence-electron chi connectivity index (χ0n) is 11.2. The van der Waals surface area contributed by atoms with Gasteiger partial charge in [0.2, 0.25) is 0 Å². The highest BCUT2D eigenvalue weighted by Gasteiger charge is 2.20. The molecule has 1 aromatic carbocycles. The molecule has 1 aliphatic carbocycles. The number of carbonyl (C=O) groups is 1. The summed E-state index contributed by atoms with van der Waals surface area (Å²) in [5.74, 6) is -0.131. The summed E-state index contributed by atoms with van der Waals surface area (Å²) in [5.41, 5.74) is 2.83. The van der Waals surface area contributed by atoms with Gasteiger partial charge in [-0.1, -0.05) is 28.1 Å². The van der Waals surface area contributed by atoms with Crippen LogP contribution in [0, 0.1) is 0 Å². The van der Waals surface area contributed by atoms with Gasteiger partial charge in [-0.05, 0) is 49.4 Å². The van der Waals surface area contributed by atoms with Crippen LogP contribution in [0.3, 0.4) is 0 Å². The van der Waals surface area contributed by atoms with Crippen LogP contribution >= 0.6 is 15.9 Å². The lowest BCUT2D eigenvalue weighted by atomic mass is 9.87. The fourth-order valence-electron chi connectivity index (χ4n) is 2.63. The fraction of sp³-hybridized carbons (Fsp3) is 0.533. The molecule has 1 aliphatic rings. The van der Waals surface area contributed by atoms with E-state index in [2.05, 4.69) is 44.2 Å². The predicted octanol–water partition coefficient (Wildman–Crippen LogP) is 3.37. The molecule has 1 N–H and O–H groups in total. The summed E-state index contributed by atoms with van der Waals surface area (Å²) in [5, 5.41) is 3.56. The van der Waals surface area contributed by atoms with Crippen molar-refractivity contribution in [1.82, 2.24) is 5.32 Å². The quantitative estimate of drug-likeness (QED) is 0.666. The molecule has 0 amide bonds. The third-order valence-corrected chi connectivity index (χ3v) is 4.37. The van der Waals surface area contributed by atoms with Gasteiger partial charge in [-0.3, -0.25) is 4.79 Å². The summed E-state index contributed by atoms with van der Waals surface area (Å²) in [6.07, 6.45) is 4.84. The summed E-state index contributed by atoms with van der Waals surface area (Å²) < 4.78 is 5.86. The molecule has 3 nitrogen and oxygen atoms in total. The normalized spacial score (nSPS) is 17.9. The molecule has 19 heavy (non-hydrogen) atoms. The van der Waals surface area contributed by atoms with E-state index in [9.17, 15) is 4.79 Å². The van der Waals surface area contributed by atoms with E-state index < -0.39 is 0 Å². The van der Waals surface area contributed by atoms with Crippen LogP contribution in [0.2, 0.25) is 0 Å². The average Bonchev–Trinajstić information content (AvgIpc) is 2.44. The minimum absolute atomic E-state index is 0.131. The van der Waals surface area contributed by atoms with E-state index in [4.69, 9.17) is 0 Å². The van der Waals surface area contributed by atoms with Gasteiger partial charge in [-0.2, -0.15) is 0 Å². The van der Waals surface area contributed by atoms with Crippen LogP contribution in [-0.4, -0.2) is 19.6 Å². The van der Waals surface area contributed by atoms with Gasteiger partial charge in [0.1, 0.15) is 0 Å². The van der Waals surface area contributed by atoms with Crippen molar-refractivity contribution >= 4 is 21.9 Å². The van der Waals surface area contributed by atoms with Crippen LogP contribution in [0.5, 0.6) is 0 Å². The van der Waals surface area contributed by atoms with Crippen molar-refractivity contribution in [3.63, 3.8) is 0 Å². The molecular formula is C15H20BrNO2. The molecule has 1 atom stereocenters. The van der Waals surface area contributed by atoms with Gasteiger partial charge in [0.05, 0.1) is 7.11 Å². The van der Waals surface area contributed by atoms with E-state index in [1.807, 2.05) is 0 Å². The molecule has 0 saturated heterocycles. The monoisotopic (exact) mass is 325 g/mol. The number of fused-ring (bicyclic) bond motifs is 1. The van der Waals surface area contributed by atoms with Crippen molar-refractivity contribution in [2.24, 2.45) is 0 Å². The predicted molar refractivity (Wildman–Crippen MR) is 79.1 cm³/mol. The zero-order chi connectivity index (χ0) is 13.7. The Bertz CT molecular complexity index is 448. The largest absolute Gasteiger partial charge is 0.469 e. The standard InChI is InChI=1S/C15H20BrNO2/c1-19-15(18)9-4-10-17-14-8-3-5-11-12(14)6-2-7-13(11)16/h2,6-7,14,17H,3-5,8-10H2,1H3. The van der Waals surface area contributed by atoms with Gasteiger partial charge < -0.3 is 10.1 Å². The van der Waals surface area contributed by atoms with E-state index >= 15 is 0 Å². The van der Waals surface area contributed by atoms with Crippen molar-refractivity contribution in [1.29, 1.82) is 0 Å². The molecule has 0 aromatic heterocycles. The molecule has 1 aromatic rings. The smallest absolute Gasteiger partial charge is 0.305 e. The van der Waals surface area contributed by atoms with E-state index in [1.54, 1.807) is 0 Å². The first kappa shape index (κ1) is 14.5. The van der Waals surface area contributed by atoms with Gasteiger partial charge in [-0.15, -0.1) is 0 Å². The maximum absolute atomic E-state index is 11.0. The molecule has 2 rings (SSSR count). The number of esters is 1. The highest BCUT2D eigenvalue weighted by Crippen LogP contribution is 2.33. The topological polar surface area (TPSA) is 38.3 Å². The lowest BCUT2D eigenvalue weighted by Crippen LogP contribution is -2.26. The first-order chi connectivity index (χ1) is 9.22. The van der Waals surface area contributed by atoms with Gasteiger partial charge in [0, 0.05) is 16.9 Å². The van der Waals surface area contributed by atoms with Crippen molar-refractivity contribution in [3.05, 3.63) is 33.8 Å². The number of benzene rings is 1. The number of hydrogen-bond acceptors (Lipinski definition) is 3. The second kappa shape index (κ2) is 7.06. The third-order valence-electron chi connectivity index (χ3n) is 3.63. The van der Waals surface area contributed by atoms with Gasteiger partial charge >= 0.3 is 5.97 Å². The minimum Gasteiger partial charge on any atom is -0.469 e. The molecule has 104 valence electrons. The van der Waals surface area contributed by atoms with Crippen LogP contribution in [0.15, 0.2) is 22.7 Å². The Hall–Kier alpha value is -0.870. The number of halogens is 1. The molecule has 0 aliphatic heterocycles. The van der Waals surface area contributed by atoms with Crippen LogP contribution < -0.4 is 5.32 Å². The minimum atomic E-state index is -0.131. The number of rotatable bonds is 5.